The fourth-order valence-corrected chi connectivity index (χ4v) is 4.58. The molecule has 12 heteroatoms. The van der Waals surface area contributed by atoms with Gasteiger partial charge in [-0.2, -0.15) is 4.31 Å². The summed E-state index contributed by atoms with van der Waals surface area (Å²) in [5.41, 5.74) is 0.0830. The number of benzene rings is 2. The van der Waals surface area contributed by atoms with Gasteiger partial charge in [0.25, 0.3) is 5.69 Å². The standard InChI is InChI=1S/C18H17F2N3O6S/c1-29-18(24)14-10-12(23(25)26)2-5-17(14)21-6-8-22(9-7-21)30(27,28)13-3-4-15(19)16(20)11-13/h2-5,10-11H,6-9H2,1H3. The van der Waals surface area contributed by atoms with E-state index in [1.54, 1.807) is 4.90 Å². The third-order valence-corrected chi connectivity index (χ3v) is 6.60. The average Bonchev–Trinajstić information content (AvgIpc) is 2.74. The van der Waals surface area contributed by atoms with Crippen LogP contribution in [0.2, 0.25) is 0 Å². The van der Waals surface area contributed by atoms with Gasteiger partial charge in [-0.25, -0.2) is 22.0 Å². The van der Waals surface area contributed by atoms with Gasteiger partial charge in [-0.1, -0.05) is 0 Å². The van der Waals surface area contributed by atoms with Crippen LogP contribution in [0, 0.1) is 21.7 Å². The highest BCUT2D eigenvalue weighted by Gasteiger charge is 2.31. The van der Waals surface area contributed by atoms with E-state index in [9.17, 15) is 32.1 Å². The van der Waals surface area contributed by atoms with Crippen LogP contribution in [0.4, 0.5) is 20.2 Å². The number of non-ortho nitro benzene ring substituents is 1. The molecule has 2 aromatic rings. The number of ether oxygens (including phenoxy) is 1. The molecule has 0 aliphatic carbocycles. The first-order valence-corrected chi connectivity index (χ1v) is 10.2. The van der Waals surface area contributed by atoms with Gasteiger partial charge >= 0.3 is 5.97 Å². The molecule has 0 spiro atoms. The van der Waals surface area contributed by atoms with Gasteiger partial charge in [-0.15, -0.1) is 0 Å². The van der Waals surface area contributed by atoms with E-state index in [4.69, 9.17) is 4.74 Å². The molecule has 1 heterocycles. The molecule has 3 rings (SSSR count). The summed E-state index contributed by atoms with van der Waals surface area (Å²) in [4.78, 5) is 23.8. The molecule has 30 heavy (non-hydrogen) atoms. The molecule has 9 nitrogen and oxygen atoms in total. The number of carbonyl (C=O) groups is 1. The van der Waals surface area contributed by atoms with Crippen LogP contribution in [0.25, 0.3) is 0 Å². The molecular formula is C18H17F2N3O6S. The molecule has 0 bridgehead atoms. The Hall–Kier alpha value is -3.12. The van der Waals surface area contributed by atoms with E-state index in [1.807, 2.05) is 0 Å². The van der Waals surface area contributed by atoms with Gasteiger partial charge in [-0.05, 0) is 24.3 Å². The van der Waals surface area contributed by atoms with Gasteiger partial charge in [0, 0.05) is 38.3 Å². The number of anilines is 1. The second-order valence-corrected chi connectivity index (χ2v) is 8.36. The van der Waals surface area contributed by atoms with Crippen molar-refractivity contribution in [1.29, 1.82) is 0 Å². The van der Waals surface area contributed by atoms with E-state index in [1.165, 1.54) is 12.1 Å². The Bertz CT molecular complexity index is 1100. The molecule has 0 N–H and O–H groups in total. The zero-order chi connectivity index (χ0) is 22.1. The number of rotatable bonds is 5. The van der Waals surface area contributed by atoms with Crippen LogP contribution in [-0.2, 0) is 14.8 Å². The van der Waals surface area contributed by atoms with Crippen molar-refractivity contribution >= 4 is 27.4 Å². The highest BCUT2D eigenvalue weighted by atomic mass is 32.2. The number of nitro benzene ring substituents is 1. The maximum absolute atomic E-state index is 13.4. The van der Waals surface area contributed by atoms with Crippen LogP contribution >= 0.6 is 0 Å². The molecule has 1 aliphatic rings. The normalized spacial score (nSPS) is 15.1. The molecule has 0 atom stereocenters. The summed E-state index contributed by atoms with van der Waals surface area (Å²) in [6, 6.07) is 6.12. The molecule has 0 amide bonds. The Labute approximate surface area is 170 Å². The van der Waals surface area contributed by atoms with E-state index < -0.39 is 32.6 Å². The predicted molar refractivity (Wildman–Crippen MR) is 102 cm³/mol. The Kier molecular flexibility index (Phi) is 5.99. The monoisotopic (exact) mass is 441 g/mol. The van der Waals surface area contributed by atoms with Crippen LogP contribution in [0.15, 0.2) is 41.3 Å². The number of hydrogen-bond donors (Lipinski definition) is 0. The SMILES string of the molecule is COC(=O)c1cc([N+](=O)[O-])ccc1N1CCN(S(=O)(=O)c2ccc(F)c(F)c2)CC1. The molecule has 2 aromatic carbocycles. The van der Waals surface area contributed by atoms with Crippen molar-refractivity contribution in [2.45, 2.75) is 4.90 Å². The highest BCUT2D eigenvalue weighted by Crippen LogP contribution is 2.28. The molecule has 1 saturated heterocycles. The average molecular weight is 441 g/mol. The zero-order valence-corrected chi connectivity index (χ0v) is 16.6. The Balaban J connectivity index is 1.82. The first kappa shape index (κ1) is 21.6. The maximum atomic E-state index is 13.4. The van der Waals surface area contributed by atoms with Crippen LogP contribution < -0.4 is 4.90 Å². The van der Waals surface area contributed by atoms with Crippen LogP contribution in [0.5, 0.6) is 0 Å². The number of esters is 1. The lowest BCUT2D eigenvalue weighted by atomic mass is 10.1. The second-order valence-electron chi connectivity index (χ2n) is 6.42. The van der Waals surface area contributed by atoms with Crippen LogP contribution in [-0.4, -0.2) is 56.9 Å². The van der Waals surface area contributed by atoms with E-state index in [2.05, 4.69) is 0 Å². The minimum atomic E-state index is -4.04. The Morgan fingerprint density at radius 2 is 1.73 bits per heavy atom. The smallest absolute Gasteiger partial charge is 0.340 e. The molecule has 0 saturated carbocycles. The van der Waals surface area contributed by atoms with E-state index in [-0.39, 0.29) is 42.3 Å². The van der Waals surface area contributed by atoms with Crippen molar-refractivity contribution in [1.82, 2.24) is 4.31 Å². The summed E-state index contributed by atoms with van der Waals surface area (Å²) in [7, 11) is -2.89. The summed E-state index contributed by atoms with van der Waals surface area (Å²) in [6.07, 6.45) is 0. The summed E-state index contributed by atoms with van der Waals surface area (Å²) in [5.74, 6) is -3.17. The largest absolute Gasteiger partial charge is 0.465 e. The van der Waals surface area contributed by atoms with Gasteiger partial charge < -0.3 is 9.64 Å². The van der Waals surface area contributed by atoms with Crippen molar-refractivity contribution in [3.8, 4) is 0 Å². The molecular weight excluding hydrogens is 424 g/mol. The lowest BCUT2D eigenvalue weighted by Crippen LogP contribution is -2.49. The van der Waals surface area contributed by atoms with E-state index >= 15 is 0 Å². The molecule has 0 aromatic heterocycles. The third-order valence-electron chi connectivity index (χ3n) is 4.70. The molecule has 0 unspecified atom stereocenters. The first-order valence-electron chi connectivity index (χ1n) is 8.72. The minimum Gasteiger partial charge on any atom is -0.465 e. The number of nitro groups is 1. The second kappa shape index (κ2) is 8.32. The Morgan fingerprint density at radius 3 is 2.30 bits per heavy atom. The number of sulfonamides is 1. The fourth-order valence-electron chi connectivity index (χ4n) is 3.14. The molecule has 1 fully saturated rings. The maximum Gasteiger partial charge on any atom is 0.340 e. The lowest BCUT2D eigenvalue weighted by molar-refractivity contribution is -0.384. The van der Waals surface area contributed by atoms with Crippen molar-refractivity contribution in [3.63, 3.8) is 0 Å². The molecule has 0 radical (unpaired) electrons. The van der Waals surface area contributed by atoms with Gasteiger partial charge in [0.15, 0.2) is 11.6 Å². The lowest BCUT2D eigenvalue weighted by Gasteiger charge is -2.36. The topological polar surface area (TPSA) is 110 Å². The van der Waals surface area contributed by atoms with Gasteiger partial charge in [-0.3, -0.25) is 10.1 Å². The third kappa shape index (κ3) is 4.09. The first-order chi connectivity index (χ1) is 14.1. The van der Waals surface area contributed by atoms with Crippen LogP contribution in [0.3, 0.4) is 0 Å². The number of methoxy groups -OCH3 is 1. The van der Waals surface area contributed by atoms with E-state index in [0.29, 0.717) is 11.8 Å². The van der Waals surface area contributed by atoms with Crippen molar-refractivity contribution in [3.05, 3.63) is 63.7 Å². The molecule has 160 valence electrons. The van der Waals surface area contributed by atoms with Crippen molar-refractivity contribution in [2.75, 3.05) is 38.2 Å². The Morgan fingerprint density at radius 1 is 1.07 bits per heavy atom. The van der Waals surface area contributed by atoms with Crippen molar-refractivity contribution in [2.24, 2.45) is 0 Å². The number of hydrogen-bond acceptors (Lipinski definition) is 7. The summed E-state index contributed by atoms with van der Waals surface area (Å²) in [5, 5.41) is 11.0. The van der Waals surface area contributed by atoms with Gasteiger partial charge in [0.05, 0.1) is 28.2 Å². The number of nitrogens with zero attached hydrogens (tertiary/aromatic N) is 3. The van der Waals surface area contributed by atoms with Crippen molar-refractivity contribution < 1.29 is 31.7 Å². The van der Waals surface area contributed by atoms with Gasteiger partial charge in [0.1, 0.15) is 0 Å². The summed E-state index contributed by atoms with van der Waals surface area (Å²) >= 11 is 0. The molecule has 1 aliphatic heterocycles. The number of carbonyl (C=O) groups excluding carboxylic acids is 1. The minimum absolute atomic E-state index is 0.0105. The van der Waals surface area contributed by atoms with E-state index in [0.717, 1.165) is 29.6 Å². The number of piperazine rings is 1. The van der Waals surface area contributed by atoms with Crippen LogP contribution in [0.1, 0.15) is 10.4 Å². The quantitative estimate of drug-likeness (QED) is 0.397. The summed E-state index contributed by atoms with van der Waals surface area (Å²) in [6.45, 7) is 0.368. The summed E-state index contributed by atoms with van der Waals surface area (Å²) < 4.78 is 57.8. The van der Waals surface area contributed by atoms with Gasteiger partial charge in [0.2, 0.25) is 10.0 Å². The zero-order valence-electron chi connectivity index (χ0n) is 15.7. The highest BCUT2D eigenvalue weighted by molar-refractivity contribution is 7.89. The fraction of sp³-hybridized carbons (Fsp3) is 0.278. The number of halogens is 2. The predicted octanol–water partition coefficient (Wildman–Crippen LogP) is 2.17.